The highest BCUT2D eigenvalue weighted by atomic mass is 16.2. The summed E-state index contributed by atoms with van der Waals surface area (Å²) < 4.78 is 0. The third kappa shape index (κ3) is 3.55. The number of rotatable bonds is 2. The van der Waals surface area contributed by atoms with E-state index in [0.717, 1.165) is 31.3 Å². The van der Waals surface area contributed by atoms with Crippen LogP contribution in [0, 0.1) is 17.8 Å². The van der Waals surface area contributed by atoms with Crippen LogP contribution in [0.1, 0.15) is 57.8 Å². The fourth-order valence-corrected chi connectivity index (χ4v) is 4.41. The highest BCUT2D eigenvalue weighted by Crippen LogP contribution is 2.29. The van der Waals surface area contributed by atoms with E-state index in [4.69, 9.17) is 0 Å². The number of hydrogen-bond acceptors (Lipinski definition) is 2. The zero-order valence-corrected chi connectivity index (χ0v) is 12.8. The molecule has 114 valence electrons. The molecule has 3 nitrogen and oxygen atoms in total. The SMILES string of the molecule is O=C(CC1CCCCCC1)N1CC[C@@H]2CNC[C@@H]2CC1. The molecule has 2 atom stereocenters. The van der Waals surface area contributed by atoms with Crippen LogP contribution in [0.2, 0.25) is 0 Å². The van der Waals surface area contributed by atoms with Gasteiger partial charge in [0.25, 0.3) is 0 Å². The summed E-state index contributed by atoms with van der Waals surface area (Å²) in [7, 11) is 0. The van der Waals surface area contributed by atoms with E-state index >= 15 is 0 Å². The van der Waals surface area contributed by atoms with Gasteiger partial charge in [0.1, 0.15) is 0 Å². The van der Waals surface area contributed by atoms with Gasteiger partial charge in [-0.1, -0.05) is 25.7 Å². The van der Waals surface area contributed by atoms with Gasteiger partial charge in [-0.2, -0.15) is 0 Å². The van der Waals surface area contributed by atoms with E-state index in [-0.39, 0.29) is 0 Å². The summed E-state index contributed by atoms with van der Waals surface area (Å²) in [4.78, 5) is 14.7. The molecule has 0 aromatic rings. The molecule has 0 unspecified atom stereocenters. The number of carbonyl (C=O) groups excluding carboxylic acids is 1. The minimum absolute atomic E-state index is 0.449. The molecule has 1 aliphatic carbocycles. The molecular weight excluding hydrogens is 248 g/mol. The first-order valence-electron chi connectivity index (χ1n) is 8.81. The molecular formula is C17H30N2O. The largest absolute Gasteiger partial charge is 0.343 e. The molecule has 0 aromatic heterocycles. The topological polar surface area (TPSA) is 32.3 Å². The van der Waals surface area contributed by atoms with Gasteiger partial charge in [0.15, 0.2) is 0 Å². The molecule has 0 spiro atoms. The number of hydrogen-bond donors (Lipinski definition) is 1. The van der Waals surface area contributed by atoms with E-state index < -0.39 is 0 Å². The van der Waals surface area contributed by atoms with Crippen molar-refractivity contribution in [2.45, 2.75) is 57.8 Å². The van der Waals surface area contributed by atoms with E-state index in [1.165, 1.54) is 64.5 Å². The zero-order valence-electron chi connectivity index (χ0n) is 12.8. The van der Waals surface area contributed by atoms with Crippen molar-refractivity contribution in [3.63, 3.8) is 0 Å². The summed E-state index contributed by atoms with van der Waals surface area (Å²) >= 11 is 0. The van der Waals surface area contributed by atoms with Crippen molar-refractivity contribution < 1.29 is 4.79 Å². The average molecular weight is 278 g/mol. The van der Waals surface area contributed by atoms with Crippen LogP contribution >= 0.6 is 0 Å². The lowest BCUT2D eigenvalue weighted by atomic mass is 9.92. The van der Waals surface area contributed by atoms with Crippen molar-refractivity contribution in [3.05, 3.63) is 0 Å². The maximum atomic E-state index is 12.6. The monoisotopic (exact) mass is 278 g/mol. The second-order valence-electron chi connectivity index (χ2n) is 7.20. The fraction of sp³-hybridized carbons (Fsp3) is 0.941. The van der Waals surface area contributed by atoms with Crippen molar-refractivity contribution in [1.29, 1.82) is 0 Å². The summed E-state index contributed by atoms with van der Waals surface area (Å²) in [5.74, 6) is 2.77. The van der Waals surface area contributed by atoms with Gasteiger partial charge < -0.3 is 10.2 Å². The zero-order chi connectivity index (χ0) is 13.8. The maximum Gasteiger partial charge on any atom is 0.222 e. The summed E-state index contributed by atoms with van der Waals surface area (Å²) in [6, 6.07) is 0. The number of amides is 1. The van der Waals surface area contributed by atoms with Gasteiger partial charge in [-0.05, 0) is 56.5 Å². The van der Waals surface area contributed by atoms with E-state index in [1.54, 1.807) is 0 Å². The first kappa shape index (κ1) is 14.4. The van der Waals surface area contributed by atoms with Crippen molar-refractivity contribution in [1.82, 2.24) is 10.2 Å². The van der Waals surface area contributed by atoms with Crippen molar-refractivity contribution in [2.24, 2.45) is 17.8 Å². The number of nitrogens with zero attached hydrogens (tertiary/aromatic N) is 1. The van der Waals surface area contributed by atoms with Crippen LogP contribution in [0.3, 0.4) is 0 Å². The Balaban J connectivity index is 1.49. The number of carbonyl (C=O) groups is 1. The summed E-state index contributed by atoms with van der Waals surface area (Å²) in [6.07, 6.45) is 11.3. The Morgan fingerprint density at radius 3 is 2.10 bits per heavy atom. The standard InChI is InChI=1S/C17H30N2O/c20-17(11-14-5-3-1-2-4-6-14)19-9-7-15-12-18-13-16(15)8-10-19/h14-16,18H,1-13H2/t15-,16+. The van der Waals surface area contributed by atoms with Gasteiger partial charge in [0, 0.05) is 19.5 Å². The molecule has 0 radical (unpaired) electrons. The second kappa shape index (κ2) is 6.93. The molecule has 3 rings (SSSR count). The third-order valence-electron chi connectivity index (χ3n) is 5.81. The molecule has 3 fully saturated rings. The van der Waals surface area contributed by atoms with Crippen LogP contribution in [0.25, 0.3) is 0 Å². The number of fused-ring (bicyclic) bond motifs is 1. The second-order valence-corrected chi connectivity index (χ2v) is 7.20. The highest BCUT2D eigenvalue weighted by molar-refractivity contribution is 5.76. The van der Waals surface area contributed by atoms with Crippen LogP contribution < -0.4 is 5.32 Å². The molecule has 2 aliphatic heterocycles. The number of nitrogens with one attached hydrogen (secondary N) is 1. The van der Waals surface area contributed by atoms with Crippen LogP contribution in [0.5, 0.6) is 0 Å². The van der Waals surface area contributed by atoms with Gasteiger partial charge in [0.2, 0.25) is 5.91 Å². The summed E-state index contributed by atoms with van der Waals surface area (Å²) in [5, 5.41) is 3.51. The van der Waals surface area contributed by atoms with E-state index in [1.807, 2.05) is 0 Å². The van der Waals surface area contributed by atoms with Crippen LogP contribution in [0.4, 0.5) is 0 Å². The molecule has 3 heteroatoms. The summed E-state index contributed by atoms with van der Waals surface area (Å²) in [6.45, 7) is 4.37. The number of likely N-dealkylation sites (tertiary alicyclic amines) is 1. The Morgan fingerprint density at radius 2 is 1.50 bits per heavy atom. The molecule has 2 heterocycles. The maximum absolute atomic E-state index is 12.6. The summed E-state index contributed by atoms with van der Waals surface area (Å²) in [5.41, 5.74) is 0. The van der Waals surface area contributed by atoms with Crippen molar-refractivity contribution in [3.8, 4) is 0 Å². The first-order chi connectivity index (χ1) is 9.83. The minimum atomic E-state index is 0.449. The molecule has 0 bridgehead atoms. The Labute approximate surface area is 123 Å². The molecule has 1 N–H and O–H groups in total. The Kier molecular flexibility index (Phi) is 4.98. The Bertz CT molecular complexity index is 309. The molecule has 20 heavy (non-hydrogen) atoms. The minimum Gasteiger partial charge on any atom is -0.343 e. The average Bonchev–Trinajstić information content (AvgIpc) is 2.66. The van der Waals surface area contributed by atoms with Gasteiger partial charge in [0.05, 0.1) is 0 Å². The smallest absolute Gasteiger partial charge is 0.222 e. The van der Waals surface area contributed by atoms with Gasteiger partial charge in [-0.25, -0.2) is 0 Å². The van der Waals surface area contributed by atoms with Crippen molar-refractivity contribution in [2.75, 3.05) is 26.2 Å². The van der Waals surface area contributed by atoms with E-state index in [2.05, 4.69) is 10.2 Å². The predicted molar refractivity (Wildman–Crippen MR) is 81.5 cm³/mol. The first-order valence-corrected chi connectivity index (χ1v) is 8.81. The predicted octanol–water partition coefficient (Wildman–Crippen LogP) is 2.80. The van der Waals surface area contributed by atoms with Crippen LogP contribution in [0.15, 0.2) is 0 Å². The lowest BCUT2D eigenvalue weighted by Gasteiger charge is -2.23. The fourth-order valence-electron chi connectivity index (χ4n) is 4.41. The molecule has 2 saturated heterocycles. The quantitative estimate of drug-likeness (QED) is 0.788. The molecule has 0 aromatic carbocycles. The van der Waals surface area contributed by atoms with Gasteiger partial charge in [-0.3, -0.25) is 4.79 Å². The third-order valence-corrected chi connectivity index (χ3v) is 5.81. The van der Waals surface area contributed by atoms with E-state index in [9.17, 15) is 4.79 Å². The lowest BCUT2D eigenvalue weighted by Crippen LogP contribution is -2.33. The van der Waals surface area contributed by atoms with Gasteiger partial charge in [-0.15, -0.1) is 0 Å². The Hall–Kier alpha value is -0.570. The van der Waals surface area contributed by atoms with Crippen LogP contribution in [-0.2, 0) is 4.79 Å². The van der Waals surface area contributed by atoms with Gasteiger partial charge >= 0.3 is 0 Å². The van der Waals surface area contributed by atoms with Crippen molar-refractivity contribution >= 4 is 5.91 Å². The highest BCUT2D eigenvalue weighted by Gasteiger charge is 2.31. The lowest BCUT2D eigenvalue weighted by molar-refractivity contribution is -0.132. The van der Waals surface area contributed by atoms with E-state index in [0.29, 0.717) is 11.8 Å². The molecule has 3 aliphatic rings. The normalized spacial score (nSPS) is 32.5. The molecule has 1 saturated carbocycles. The Morgan fingerprint density at radius 1 is 0.900 bits per heavy atom. The molecule has 1 amide bonds. The van der Waals surface area contributed by atoms with Crippen LogP contribution in [-0.4, -0.2) is 37.0 Å².